The van der Waals surface area contributed by atoms with E-state index in [2.05, 4.69) is 5.32 Å². The Morgan fingerprint density at radius 2 is 2.42 bits per heavy atom. The largest absolute Gasteiger partial charge is 0.490 e. The molecule has 19 heavy (non-hydrogen) atoms. The van der Waals surface area contributed by atoms with Crippen molar-refractivity contribution in [3.8, 4) is 5.75 Å². The Kier molecular flexibility index (Phi) is 4.16. The van der Waals surface area contributed by atoms with Gasteiger partial charge in [-0.05, 0) is 12.8 Å². The van der Waals surface area contributed by atoms with Gasteiger partial charge in [0.15, 0.2) is 11.6 Å². The number of nitrogens with zero attached hydrogens (tertiary/aromatic N) is 1. The number of nitro benzene ring substituents is 1. The molecule has 1 saturated heterocycles. The fraction of sp³-hybridized carbons (Fsp3) is 0.500. The molecule has 1 atom stereocenters. The second-order valence-corrected chi connectivity index (χ2v) is 4.28. The molecule has 6 nitrogen and oxygen atoms in total. The smallest absolute Gasteiger partial charge is 0.313 e. The van der Waals surface area contributed by atoms with Gasteiger partial charge in [0, 0.05) is 19.2 Å². The second-order valence-electron chi connectivity index (χ2n) is 4.28. The van der Waals surface area contributed by atoms with Crippen molar-refractivity contribution in [3.05, 3.63) is 28.1 Å². The van der Waals surface area contributed by atoms with Crippen LogP contribution in [0.2, 0.25) is 0 Å². The highest BCUT2D eigenvalue weighted by atomic mass is 19.1. The molecule has 0 aromatic heterocycles. The molecule has 104 valence electrons. The number of benzene rings is 1. The Hall–Kier alpha value is -1.89. The second kappa shape index (κ2) is 5.83. The topological polar surface area (TPSA) is 73.6 Å². The summed E-state index contributed by atoms with van der Waals surface area (Å²) in [7, 11) is 1.31. The summed E-state index contributed by atoms with van der Waals surface area (Å²) in [6, 6.07) is 2.15. The molecule has 0 aliphatic carbocycles. The van der Waals surface area contributed by atoms with Gasteiger partial charge in [0.2, 0.25) is 0 Å². The van der Waals surface area contributed by atoms with Crippen LogP contribution in [-0.2, 0) is 4.74 Å². The number of hydrogen-bond acceptors (Lipinski definition) is 5. The molecule has 0 amide bonds. The van der Waals surface area contributed by atoms with Crippen LogP contribution in [0.25, 0.3) is 0 Å². The summed E-state index contributed by atoms with van der Waals surface area (Å²) in [4.78, 5) is 10.1. The average molecular weight is 270 g/mol. The predicted molar refractivity (Wildman–Crippen MR) is 67.1 cm³/mol. The van der Waals surface area contributed by atoms with Gasteiger partial charge in [0.05, 0.1) is 29.9 Å². The molecule has 1 aromatic rings. The van der Waals surface area contributed by atoms with Crippen LogP contribution < -0.4 is 10.1 Å². The molecule has 1 heterocycles. The minimum Gasteiger partial charge on any atom is -0.490 e. The van der Waals surface area contributed by atoms with E-state index >= 15 is 0 Å². The SMILES string of the molecule is COc1cc(NCC2CCCO2)c(F)cc1[N+](=O)[O-]. The lowest BCUT2D eigenvalue weighted by atomic mass is 10.2. The van der Waals surface area contributed by atoms with Crippen molar-refractivity contribution in [3.63, 3.8) is 0 Å². The molecule has 1 aliphatic heterocycles. The van der Waals surface area contributed by atoms with Gasteiger partial charge in [-0.2, -0.15) is 0 Å². The average Bonchev–Trinajstić information content (AvgIpc) is 2.90. The van der Waals surface area contributed by atoms with E-state index in [1.807, 2.05) is 0 Å². The summed E-state index contributed by atoms with van der Waals surface area (Å²) in [5.41, 5.74) is -0.208. The Balaban J connectivity index is 2.13. The Morgan fingerprint density at radius 1 is 1.63 bits per heavy atom. The number of halogens is 1. The van der Waals surface area contributed by atoms with E-state index < -0.39 is 10.7 Å². The lowest BCUT2D eigenvalue weighted by molar-refractivity contribution is -0.385. The van der Waals surface area contributed by atoms with Gasteiger partial charge < -0.3 is 14.8 Å². The van der Waals surface area contributed by atoms with Crippen molar-refractivity contribution in [1.82, 2.24) is 0 Å². The van der Waals surface area contributed by atoms with Crippen molar-refractivity contribution in [2.24, 2.45) is 0 Å². The summed E-state index contributed by atoms with van der Waals surface area (Å²) < 4.78 is 24.0. The first-order valence-corrected chi connectivity index (χ1v) is 5.99. The fourth-order valence-corrected chi connectivity index (χ4v) is 2.01. The first-order valence-electron chi connectivity index (χ1n) is 5.99. The molecular formula is C12H15FN2O4. The van der Waals surface area contributed by atoms with Crippen LogP contribution in [0.15, 0.2) is 12.1 Å². The zero-order valence-electron chi connectivity index (χ0n) is 10.5. The summed E-state index contributed by atoms with van der Waals surface area (Å²) >= 11 is 0. The molecular weight excluding hydrogens is 255 g/mol. The molecule has 7 heteroatoms. The van der Waals surface area contributed by atoms with E-state index in [1.165, 1.54) is 13.2 Å². The van der Waals surface area contributed by atoms with Crippen LogP contribution in [0.5, 0.6) is 5.75 Å². The highest BCUT2D eigenvalue weighted by Gasteiger charge is 2.20. The van der Waals surface area contributed by atoms with Crippen molar-refractivity contribution in [2.45, 2.75) is 18.9 Å². The molecule has 1 aromatic carbocycles. The number of hydrogen-bond donors (Lipinski definition) is 1. The maximum Gasteiger partial charge on any atom is 0.313 e. The fourth-order valence-electron chi connectivity index (χ4n) is 2.01. The molecule has 1 fully saturated rings. The Bertz CT molecular complexity index is 475. The first kappa shape index (κ1) is 13.5. The van der Waals surface area contributed by atoms with Crippen LogP contribution in [0.1, 0.15) is 12.8 Å². The maximum atomic E-state index is 13.7. The van der Waals surface area contributed by atoms with Gasteiger partial charge in [-0.3, -0.25) is 10.1 Å². The molecule has 0 bridgehead atoms. The Labute approximate surface area is 109 Å². The van der Waals surface area contributed by atoms with Crippen LogP contribution in [0.3, 0.4) is 0 Å². The number of rotatable bonds is 5. The van der Waals surface area contributed by atoms with Crippen LogP contribution >= 0.6 is 0 Å². The van der Waals surface area contributed by atoms with E-state index in [9.17, 15) is 14.5 Å². The molecule has 1 unspecified atom stereocenters. The monoisotopic (exact) mass is 270 g/mol. The van der Waals surface area contributed by atoms with Crippen molar-refractivity contribution < 1.29 is 18.8 Å². The molecule has 0 spiro atoms. The van der Waals surface area contributed by atoms with E-state index in [1.54, 1.807) is 0 Å². The van der Waals surface area contributed by atoms with E-state index in [4.69, 9.17) is 9.47 Å². The van der Waals surface area contributed by atoms with Crippen LogP contribution in [0.4, 0.5) is 15.8 Å². The van der Waals surface area contributed by atoms with Gasteiger partial charge in [-0.1, -0.05) is 0 Å². The molecule has 1 N–H and O–H groups in total. The number of nitro groups is 1. The highest BCUT2D eigenvalue weighted by Crippen LogP contribution is 2.32. The summed E-state index contributed by atoms with van der Waals surface area (Å²) in [6.07, 6.45) is 1.98. The van der Waals surface area contributed by atoms with Gasteiger partial charge in [0.25, 0.3) is 0 Å². The van der Waals surface area contributed by atoms with Crippen molar-refractivity contribution in [2.75, 3.05) is 25.6 Å². The van der Waals surface area contributed by atoms with Crippen molar-refractivity contribution in [1.29, 1.82) is 0 Å². The predicted octanol–water partition coefficient (Wildman–Crippen LogP) is 2.33. The number of anilines is 1. The van der Waals surface area contributed by atoms with Gasteiger partial charge in [-0.25, -0.2) is 4.39 Å². The summed E-state index contributed by atoms with van der Waals surface area (Å²) in [6.45, 7) is 1.19. The molecule has 2 rings (SSSR count). The minimum atomic E-state index is -0.675. The molecule has 0 saturated carbocycles. The number of methoxy groups -OCH3 is 1. The quantitative estimate of drug-likeness (QED) is 0.656. The third-order valence-electron chi connectivity index (χ3n) is 3.01. The number of ether oxygens (including phenoxy) is 2. The van der Waals surface area contributed by atoms with Gasteiger partial charge in [0.1, 0.15) is 0 Å². The van der Waals surface area contributed by atoms with E-state index in [0.717, 1.165) is 25.5 Å². The normalized spacial score (nSPS) is 18.3. The van der Waals surface area contributed by atoms with Gasteiger partial charge in [-0.15, -0.1) is 0 Å². The zero-order valence-corrected chi connectivity index (χ0v) is 10.5. The number of nitrogens with one attached hydrogen (secondary N) is 1. The third kappa shape index (κ3) is 3.11. The van der Waals surface area contributed by atoms with Crippen LogP contribution in [0, 0.1) is 15.9 Å². The minimum absolute atomic E-state index is 0.0289. The third-order valence-corrected chi connectivity index (χ3v) is 3.01. The van der Waals surface area contributed by atoms with E-state index in [0.29, 0.717) is 6.54 Å². The standard InChI is InChI=1S/C12H15FN2O4/c1-18-12-6-10(9(13)5-11(12)15(16)17)14-7-8-3-2-4-19-8/h5-6,8,14H,2-4,7H2,1H3. The lowest BCUT2D eigenvalue weighted by Gasteiger charge is -2.13. The van der Waals surface area contributed by atoms with Crippen molar-refractivity contribution >= 4 is 11.4 Å². The lowest BCUT2D eigenvalue weighted by Crippen LogP contribution is -2.19. The Morgan fingerprint density at radius 3 is 3.00 bits per heavy atom. The molecule has 1 aliphatic rings. The van der Waals surface area contributed by atoms with E-state index in [-0.39, 0.29) is 23.2 Å². The summed E-state index contributed by atoms with van der Waals surface area (Å²) in [5, 5.41) is 13.6. The summed E-state index contributed by atoms with van der Waals surface area (Å²) in [5.74, 6) is -0.647. The first-order chi connectivity index (χ1) is 9.11. The zero-order chi connectivity index (χ0) is 13.8. The maximum absolute atomic E-state index is 13.7. The highest BCUT2D eigenvalue weighted by molar-refractivity contribution is 5.59. The van der Waals surface area contributed by atoms with Crippen LogP contribution in [-0.4, -0.2) is 31.3 Å². The van der Waals surface area contributed by atoms with Gasteiger partial charge >= 0.3 is 5.69 Å². The molecule has 0 radical (unpaired) electrons.